The van der Waals surface area contributed by atoms with E-state index in [1.807, 2.05) is 24.3 Å². The summed E-state index contributed by atoms with van der Waals surface area (Å²) < 4.78 is 0.962. The van der Waals surface area contributed by atoms with Gasteiger partial charge in [0, 0.05) is 22.9 Å². The van der Waals surface area contributed by atoms with Gasteiger partial charge in [0.05, 0.1) is 0 Å². The number of hydrogen-bond acceptors (Lipinski definition) is 4. The summed E-state index contributed by atoms with van der Waals surface area (Å²) in [6.45, 7) is 2.83. The maximum atomic E-state index is 12.1. The van der Waals surface area contributed by atoms with Gasteiger partial charge in [-0.1, -0.05) is 22.9 Å². The van der Waals surface area contributed by atoms with Crippen LogP contribution in [0.25, 0.3) is 0 Å². The summed E-state index contributed by atoms with van der Waals surface area (Å²) in [7, 11) is 0. The van der Waals surface area contributed by atoms with E-state index in [-0.39, 0.29) is 5.91 Å². The molecule has 0 aliphatic carbocycles. The fraction of sp³-hybridized carbons (Fsp3) is 0.214. The van der Waals surface area contributed by atoms with E-state index in [2.05, 4.69) is 43.5 Å². The first-order valence-electron chi connectivity index (χ1n) is 6.33. The van der Waals surface area contributed by atoms with Crippen molar-refractivity contribution in [3.8, 4) is 0 Å². The minimum Gasteiger partial charge on any atom is -0.354 e. The number of halogens is 1. The Kier molecular flexibility index (Phi) is 5.06. The highest BCUT2D eigenvalue weighted by Crippen LogP contribution is 2.14. The van der Waals surface area contributed by atoms with Gasteiger partial charge < -0.3 is 10.6 Å². The largest absolute Gasteiger partial charge is 0.354 e. The normalized spacial score (nSPS) is 10.1. The Labute approximate surface area is 126 Å². The molecule has 0 unspecified atom stereocenters. The van der Waals surface area contributed by atoms with Gasteiger partial charge >= 0.3 is 0 Å². The van der Waals surface area contributed by atoms with Crippen LogP contribution in [0.5, 0.6) is 0 Å². The molecule has 1 amide bonds. The number of aromatic nitrogens is 2. The van der Waals surface area contributed by atoms with Crippen molar-refractivity contribution in [2.45, 2.75) is 13.3 Å². The third-order valence-electron chi connectivity index (χ3n) is 2.52. The van der Waals surface area contributed by atoms with Crippen molar-refractivity contribution >= 4 is 33.5 Å². The molecular formula is C14H15BrN4O. The van der Waals surface area contributed by atoms with Crippen molar-refractivity contribution in [1.29, 1.82) is 0 Å². The predicted molar refractivity (Wildman–Crippen MR) is 82.9 cm³/mol. The van der Waals surface area contributed by atoms with E-state index in [4.69, 9.17) is 0 Å². The molecule has 5 nitrogen and oxygen atoms in total. The van der Waals surface area contributed by atoms with E-state index in [0.29, 0.717) is 11.6 Å². The molecule has 0 aliphatic rings. The lowest BCUT2D eigenvalue weighted by molar-refractivity contribution is 0.102. The van der Waals surface area contributed by atoms with E-state index < -0.39 is 0 Å². The molecule has 2 aromatic rings. The summed E-state index contributed by atoms with van der Waals surface area (Å²) in [6.07, 6.45) is 2.54. The second-order valence-corrected chi connectivity index (χ2v) is 5.07. The summed E-state index contributed by atoms with van der Waals surface area (Å²) in [5, 5.41) is 5.84. The third kappa shape index (κ3) is 4.03. The van der Waals surface area contributed by atoms with Crippen molar-refractivity contribution < 1.29 is 4.79 Å². The Morgan fingerprint density at radius 3 is 2.70 bits per heavy atom. The predicted octanol–water partition coefficient (Wildman–Crippen LogP) is 3.31. The topological polar surface area (TPSA) is 66.9 Å². The van der Waals surface area contributed by atoms with Gasteiger partial charge in [-0.2, -0.15) is 0 Å². The fourth-order valence-electron chi connectivity index (χ4n) is 1.54. The van der Waals surface area contributed by atoms with E-state index in [1.54, 1.807) is 12.3 Å². The monoisotopic (exact) mass is 334 g/mol. The van der Waals surface area contributed by atoms with E-state index in [0.717, 1.165) is 23.1 Å². The molecule has 0 radical (unpaired) electrons. The van der Waals surface area contributed by atoms with E-state index in [1.165, 1.54) is 0 Å². The number of carbonyl (C=O) groups is 1. The Morgan fingerprint density at radius 2 is 2.00 bits per heavy atom. The van der Waals surface area contributed by atoms with Crippen LogP contribution in [0.2, 0.25) is 0 Å². The molecule has 104 valence electrons. The number of benzene rings is 1. The third-order valence-corrected chi connectivity index (χ3v) is 3.05. The Morgan fingerprint density at radius 1 is 1.25 bits per heavy atom. The Hall–Kier alpha value is -1.95. The zero-order valence-corrected chi connectivity index (χ0v) is 12.6. The quantitative estimate of drug-likeness (QED) is 0.880. The number of amides is 1. The molecule has 2 rings (SSSR count). The molecule has 1 aromatic carbocycles. The van der Waals surface area contributed by atoms with Crippen LogP contribution in [0.15, 0.2) is 41.0 Å². The summed E-state index contributed by atoms with van der Waals surface area (Å²) in [4.78, 5) is 20.3. The molecule has 1 aromatic heterocycles. The van der Waals surface area contributed by atoms with Crippen molar-refractivity contribution in [1.82, 2.24) is 9.97 Å². The molecule has 1 heterocycles. The lowest BCUT2D eigenvalue weighted by Gasteiger charge is -2.06. The molecule has 2 N–H and O–H groups in total. The van der Waals surface area contributed by atoms with Gasteiger partial charge in [-0.3, -0.25) is 4.79 Å². The number of nitrogens with zero attached hydrogens (tertiary/aromatic N) is 2. The Balaban J connectivity index is 2.06. The number of rotatable bonds is 5. The van der Waals surface area contributed by atoms with Crippen molar-refractivity contribution in [2.75, 3.05) is 17.2 Å². The minimum atomic E-state index is -0.255. The second kappa shape index (κ2) is 7.00. The van der Waals surface area contributed by atoms with Gasteiger partial charge in [0.25, 0.3) is 5.91 Å². The average Bonchev–Trinajstić information content (AvgIpc) is 2.48. The number of nitrogens with one attached hydrogen (secondary N) is 2. The molecule has 0 fully saturated rings. The number of carbonyl (C=O) groups excluding carboxylic acids is 1. The molecule has 0 aliphatic heterocycles. The molecular weight excluding hydrogens is 320 g/mol. The first kappa shape index (κ1) is 14.5. The van der Waals surface area contributed by atoms with Gasteiger partial charge in [-0.25, -0.2) is 9.97 Å². The fourth-order valence-corrected chi connectivity index (χ4v) is 1.80. The Bertz CT molecular complexity index is 586. The minimum absolute atomic E-state index is 0.255. The van der Waals surface area contributed by atoms with Crippen molar-refractivity contribution in [3.05, 3.63) is 46.7 Å². The maximum Gasteiger partial charge on any atom is 0.274 e. The van der Waals surface area contributed by atoms with Crippen LogP contribution in [0, 0.1) is 0 Å². The van der Waals surface area contributed by atoms with Crippen LogP contribution < -0.4 is 10.6 Å². The molecule has 20 heavy (non-hydrogen) atoms. The summed E-state index contributed by atoms with van der Waals surface area (Å²) >= 11 is 3.35. The molecule has 0 spiro atoms. The lowest BCUT2D eigenvalue weighted by Crippen LogP contribution is -2.15. The van der Waals surface area contributed by atoms with Crippen LogP contribution in [-0.2, 0) is 0 Å². The summed E-state index contributed by atoms with van der Waals surface area (Å²) in [6, 6.07) is 8.96. The average molecular weight is 335 g/mol. The highest BCUT2D eigenvalue weighted by Gasteiger charge is 2.09. The number of hydrogen-bond donors (Lipinski definition) is 2. The van der Waals surface area contributed by atoms with Crippen LogP contribution in [0.3, 0.4) is 0 Å². The molecule has 6 heteroatoms. The molecule has 0 atom stereocenters. The zero-order valence-electron chi connectivity index (χ0n) is 11.1. The highest BCUT2D eigenvalue weighted by molar-refractivity contribution is 9.10. The maximum absolute atomic E-state index is 12.1. The highest BCUT2D eigenvalue weighted by atomic mass is 79.9. The smallest absolute Gasteiger partial charge is 0.274 e. The standard InChI is InChI=1S/C14H15BrN4O/c1-2-8-16-14-17-9-7-12(19-14)13(20)18-11-5-3-10(15)4-6-11/h3-7,9H,2,8H2,1H3,(H,18,20)(H,16,17,19). The summed E-state index contributed by atoms with van der Waals surface area (Å²) in [5.41, 5.74) is 1.06. The number of anilines is 2. The van der Waals surface area contributed by atoms with Crippen LogP contribution in [-0.4, -0.2) is 22.4 Å². The first-order valence-corrected chi connectivity index (χ1v) is 7.12. The lowest BCUT2D eigenvalue weighted by atomic mass is 10.3. The van der Waals surface area contributed by atoms with Gasteiger partial charge in [0.15, 0.2) is 0 Å². The molecule has 0 saturated heterocycles. The van der Waals surface area contributed by atoms with Gasteiger partial charge in [0.2, 0.25) is 5.95 Å². The van der Waals surface area contributed by atoms with Crippen molar-refractivity contribution in [3.63, 3.8) is 0 Å². The van der Waals surface area contributed by atoms with E-state index in [9.17, 15) is 4.79 Å². The van der Waals surface area contributed by atoms with Gasteiger partial charge in [-0.05, 0) is 36.8 Å². The van der Waals surface area contributed by atoms with Crippen molar-refractivity contribution in [2.24, 2.45) is 0 Å². The van der Waals surface area contributed by atoms with Crippen LogP contribution >= 0.6 is 15.9 Å². The van der Waals surface area contributed by atoms with E-state index >= 15 is 0 Å². The zero-order chi connectivity index (χ0) is 14.4. The second-order valence-electron chi connectivity index (χ2n) is 4.15. The van der Waals surface area contributed by atoms with Crippen LogP contribution in [0.1, 0.15) is 23.8 Å². The molecule has 0 bridgehead atoms. The first-order chi connectivity index (χ1) is 9.69. The summed E-state index contributed by atoms with van der Waals surface area (Å²) in [5.74, 6) is 0.213. The SMILES string of the molecule is CCCNc1nccc(C(=O)Nc2ccc(Br)cc2)n1. The molecule has 0 saturated carbocycles. The van der Waals surface area contributed by atoms with Crippen LogP contribution in [0.4, 0.5) is 11.6 Å². The van der Waals surface area contributed by atoms with Gasteiger partial charge in [-0.15, -0.1) is 0 Å². The van der Waals surface area contributed by atoms with Gasteiger partial charge in [0.1, 0.15) is 5.69 Å².